The van der Waals surface area contributed by atoms with Gasteiger partial charge in [-0.2, -0.15) is 0 Å². The molecule has 1 aliphatic rings. The van der Waals surface area contributed by atoms with Crippen LogP contribution in [0.1, 0.15) is 44.7 Å². The third kappa shape index (κ3) is 5.71. The molecule has 1 aliphatic heterocycles. The summed E-state index contributed by atoms with van der Waals surface area (Å²) < 4.78 is 30.2. The Morgan fingerprint density at radius 3 is 2.50 bits per heavy atom. The topological polar surface area (TPSA) is 75.7 Å². The van der Waals surface area contributed by atoms with Crippen LogP contribution in [0.15, 0.2) is 24.3 Å². The zero-order valence-electron chi connectivity index (χ0n) is 16.1. The first-order chi connectivity index (χ1) is 12.2. The number of hydrogen-bond acceptors (Lipinski definition) is 4. The van der Waals surface area contributed by atoms with E-state index in [0.717, 1.165) is 24.2 Å². The summed E-state index contributed by atoms with van der Waals surface area (Å²) in [5, 5.41) is 3.14. The Labute approximate surface area is 157 Å². The summed E-state index contributed by atoms with van der Waals surface area (Å²) in [5.74, 6) is 0.826. The molecule has 1 amide bonds. The summed E-state index contributed by atoms with van der Waals surface area (Å²) >= 11 is 0. The fraction of sp³-hybridized carbons (Fsp3) is 0.632. The highest BCUT2D eigenvalue weighted by molar-refractivity contribution is 7.88. The van der Waals surface area contributed by atoms with Crippen molar-refractivity contribution in [2.75, 3.05) is 26.5 Å². The predicted molar refractivity (Wildman–Crippen MR) is 102 cm³/mol. The summed E-state index contributed by atoms with van der Waals surface area (Å²) in [6.07, 6.45) is 3.45. The molecule has 0 bridgehead atoms. The van der Waals surface area contributed by atoms with Crippen LogP contribution >= 0.6 is 0 Å². The molecule has 1 fully saturated rings. The van der Waals surface area contributed by atoms with E-state index in [1.807, 2.05) is 24.3 Å². The van der Waals surface area contributed by atoms with Gasteiger partial charge in [-0.25, -0.2) is 12.7 Å². The van der Waals surface area contributed by atoms with Crippen LogP contribution in [0.5, 0.6) is 5.75 Å². The highest BCUT2D eigenvalue weighted by Crippen LogP contribution is 2.25. The van der Waals surface area contributed by atoms with Crippen LogP contribution in [-0.4, -0.2) is 45.1 Å². The van der Waals surface area contributed by atoms with Crippen molar-refractivity contribution in [1.29, 1.82) is 0 Å². The number of piperidine rings is 1. The summed E-state index contributed by atoms with van der Waals surface area (Å²) in [5.41, 5.74) is 1.03. The summed E-state index contributed by atoms with van der Waals surface area (Å²) in [6, 6.07) is 7.62. The van der Waals surface area contributed by atoms with Crippen molar-refractivity contribution >= 4 is 15.9 Å². The highest BCUT2D eigenvalue weighted by Gasteiger charge is 2.31. The first-order valence-electron chi connectivity index (χ1n) is 9.10. The van der Waals surface area contributed by atoms with Crippen molar-refractivity contribution in [2.24, 2.45) is 11.8 Å². The Hall–Kier alpha value is -1.60. The molecule has 0 saturated carbocycles. The molecule has 2 atom stereocenters. The Bertz CT molecular complexity index is 701. The summed E-state index contributed by atoms with van der Waals surface area (Å²) in [4.78, 5) is 12.8. The molecule has 0 radical (unpaired) electrons. The Balaban J connectivity index is 2.10. The van der Waals surface area contributed by atoms with E-state index in [4.69, 9.17) is 4.74 Å². The second-order valence-corrected chi connectivity index (χ2v) is 9.41. The lowest BCUT2D eigenvalue weighted by Gasteiger charge is -2.31. The van der Waals surface area contributed by atoms with Gasteiger partial charge in [-0.05, 0) is 42.9 Å². The van der Waals surface area contributed by atoms with E-state index in [9.17, 15) is 13.2 Å². The third-order valence-corrected chi connectivity index (χ3v) is 6.04. The van der Waals surface area contributed by atoms with Gasteiger partial charge in [0.2, 0.25) is 15.9 Å². The van der Waals surface area contributed by atoms with Crippen LogP contribution in [0.3, 0.4) is 0 Å². The van der Waals surface area contributed by atoms with Gasteiger partial charge in [0.15, 0.2) is 0 Å². The zero-order valence-corrected chi connectivity index (χ0v) is 16.9. The van der Waals surface area contributed by atoms with Crippen molar-refractivity contribution in [3.8, 4) is 5.75 Å². The number of rotatable bonds is 7. The Kier molecular flexibility index (Phi) is 7.06. The molecule has 0 unspecified atom stereocenters. The van der Waals surface area contributed by atoms with Crippen LogP contribution in [0.2, 0.25) is 0 Å². The van der Waals surface area contributed by atoms with Gasteiger partial charge in [0, 0.05) is 13.1 Å². The SMILES string of the molecule is COc1ccc([C@H](CC(C)C)NC(=O)[C@H]2CCCN(S(C)(=O)=O)C2)cc1. The van der Waals surface area contributed by atoms with Crippen molar-refractivity contribution in [3.63, 3.8) is 0 Å². The molecule has 6 nitrogen and oxygen atoms in total. The molecule has 146 valence electrons. The lowest BCUT2D eigenvalue weighted by Crippen LogP contribution is -2.45. The minimum Gasteiger partial charge on any atom is -0.497 e. The van der Waals surface area contributed by atoms with Crippen LogP contribution in [0.25, 0.3) is 0 Å². The predicted octanol–water partition coefficient (Wildman–Crippen LogP) is 2.57. The summed E-state index contributed by atoms with van der Waals surface area (Å²) in [7, 11) is -1.64. The number of methoxy groups -OCH3 is 1. The number of sulfonamides is 1. The van der Waals surface area contributed by atoms with Gasteiger partial charge in [0.25, 0.3) is 0 Å². The van der Waals surface area contributed by atoms with E-state index < -0.39 is 10.0 Å². The van der Waals surface area contributed by atoms with E-state index in [-0.39, 0.29) is 24.4 Å². The molecule has 2 rings (SSSR count). The molecular weight excluding hydrogens is 352 g/mol. The van der Waals surface area contributed by atoms with Gasteiger partial charge in [-0.15, -0.1) is 0 Å². The third-order valence-electron chi connectivity index (χ3n) is 4.77. The minimum absolute atomic E-state index is 0.0696. The first-order valence-corrected chi connectivity index (χ1v) is 10.9. The van der Waals surface area contributed by atoms with Crippen LogP contribution in [0, 0.1) is 11.8 Å². The molecule has 1 saturated heterocycles. The molecule has 0 aliphatic carbocycles. The van der Waals surface area contributed by atoms with E-state index in [2.05, 4.69) is 19.2 Å². The van der Waals surface area contributed by atoms with Gasteiger partial charge in [0.05, 0.1) is 25.3 Å². The molecule has 1 aromatic carbocycles. The first kappa shape index (κ1) is 20.7. The van der Waals surface area contributed by atoms with Gasteiger partial charge < -0.3 is 10.1 Å². The number of nitrogens with one attached hydrogen (secondary N) is 1. The number of nitrogens with zero attached hydrogens (tertiary/aromatic N) is 1. The number of ether oxygens (including phenoxy) is 1. The Morgan fingerprint density at radius 2 is 1.96 bits per heavy atom. The van der Waals surface area contributed by atoms with Gasteiger partial charge in [-0.1, -0.05) is 26.0 Å². The van der Waals surface area contributed by atoms with Crippen LogP contribution in [0.4, 0.5) is 0 Å². The molecule has 0 aromatic heterocycles. The van der Waals surface area contributed by atoms with Crippen molar-refractivity contribution in [3.05, 3.63) is 29.8 Å². The second kappa shape index (κ2) is 8.86. The van der Waals surface area contributed by atoms with Crippen LogP contribution < -0.4 is 10.1 Å². The van der Waals surface area contributed by atoms with Crippen molar-refractivity contribution in [1.82, 2.24) is 9.62 Å². The number of hydrogen-bond donors (Lipinski definition) is 1. The average molecular weight is 383 g/mol. The van der Waals surface area contributed by atoms with Crippen molar-refractivity contribution in [2.45, 2.75) is 39.2 Å². The maximum atomic E-state index is 12.8. The van der Waals surface area contributed by atoms with Gasteiger partial charge in [-0.3, -0.25) is 4.79 Å². The molecule has 1 heterocycles. The van der Waals surface area contributed by atoms with Crippen molar-refractivity contribution < 1.29 is 17.9 Å². The maximum absolute atomic E-state index is 12.8. The van der Waals surface area contributed by atoms with E-state index >= 15 is 0 Å². The quantitative estimate of drug-likeness (QED) is 0.786. The molecule has 1 N–H and O–H groups in total. The zero-order chi connectivity index (χ0) is 19.3. The monoisotopic (exact) mass is 382 g/mol. The molecule has 1 aromatic rings. The van der Waals surface area contributed by atoms with Gasteiger partial charge >= 0.3 is 0 Å². The normalized spacial score (nSPS) is 20.0. The largest absolute Gasteiger partial charge is 0.497 e. The fourth-order valence-electron chi connectivity index (χ4n) is 3.33. The van der Waals surface area contributed by atoms with Gasteiger partial charge in [0.1, 0.15) is 5.75 Å². The maximum Gasteiger partial charge on any atom is 0.224 e. The molecule has 7 heteroatoms. The Morgan fingerprint density at radius 1 is 1.31 bits per heavy atom. The minimum atomic E-state index is -3.26. The highest BCUT2D eigenvalue weighted by atomic mass is 32.2. The number of amides is 1. The molecule has 26 heavy (non-hydrogen) atoms. The second-order valence-electron chi connectivity index (χ2n) is 7.42. The van der Waals surface area contributed by atoms with E-state index in [0.29, 0.717) is 18.9 Å². The standard InChI is InChI=1S/C19H30N2O4S/c1-14(2)12-18(15-7-9-17(25-3)10-8-15)20-19(22)16-6-5-11-21(13-16)26(4,23)24/h7-10,14,16,18H,5-6,11-13H2,1-4H3,(H,20,22)/t16-,18-/m0/s1. The van der Waals surface area contributed by atoms with Crippen LogP contribution in [-0.2, 0) is 14.8 Å². The summed E-state index contributed by atoms with van der Waals surface area (Å²) in [6.45, 7) is 5.00. The van der Waals surface area contributed by atoms with E-state index in [1.54, 1.807) is 7.11 Å². The smallest absolute Gasteiger partial charge is 0.224 e. The molecular formula is C19H30N2O4S. The molecule has 0 spiro atoms. The average Bonchev–Trinajstić information content (AvgIpc) is 2.60. The lowest BCUT2D eigenvalue weighted by molar-refractivity contribution is -0.127. The van der Waals surface area contributed by atoms with E-state index in [1.165, 1.54) is 10.6 Å². The number of benzene rings is 1. The lowest BCUT2D eigenvalue weighted by atomic mass is 9.94. The number of carbonyl (C=O) groups excluding carboxylic acids is 1. The number of carbonyl (C=O) groups is 1. The fourth-order valence-corrected chi connectivity index (χ4v) is 4.24.